The van der Waals surface area contributed by atoms with Gasteiger partial charge in [0.2, 0.25) is 0 Å². The van der Waals surface area contributed by atoms with Gasteiger partial charge >= 0.3 is 5.97 Å². The average Bonchev–Trinajstić information content (AvgIpc) is 2.76. The summed E-state index contributed by atoms with van der Waals surface area (Å²) in [5, 5.41) is 0. The Morgan fingerprint density at radius 3 is 2.90 bits per heavy atom. The molecule has 1 aromatic rings. The molecule has 20 heavy (non-hydrogen) atoms. The van der Waals surface area contributed by atoms with Crippen LogP contribution in [0.3, 0.4) is 0 Å². The number of nitrogens with two attached hydrogens (primary N) is 1. The summed E-state index contributed by atoms with van der Waals surface area (Å²) < 4.78 is 12.6. The van der Waals surface area contributed by atoms with Gasteiger partial charge in [-0.05, 0) is 26.7 Å². The van der Waals surface area contributed by atoms with E-state index in [1.54, 1.807) is 6.92 Å². The predicted octanol–water partition coefficient (Wildman–Crippen LogP) is 1.94. The minimum atomic E-state index is -0.446. The van der Waals surface area contributed by atoms with E-state index in [0.717, 1.165) is 25.1 Å². The van der Waals surface area contributed by atoms with Crippen LogP contribution in [0.2, 0.25) is 0 Å². The van der Waals surface area contributed by atoms with Crippen molar-refractivity contribution in [2.75, 3.05) is 18.9 Å². The number of nitrogens with zero attached hydrogens (tertiary/aromatic N) is 2. The molecule has 6 heteroatoms. The second-order valence-corrected chi connectivity index (χ2v) is 5.07. The zero-order valence-electron chi connectivity index (χ0n) is 12.4. The smallest absolute Gasteiger partial charge is 0.360 e. The molecule has 0 aromatic carbocycles. The Morgan fingerprint density at radius 2 is 2.30 bits per heavy atom. The first kappa shape index (κ1) is 14.8. The number of rotatable bonds is 4. The van der Waals surface area contributed by atoms with Crippen LogP contribution < -0.4 is 5.73 Å². The summed E-state index contributed by atoms with van der Waals surface area (Å²) in [5.74, 6) is 0.808. The Morgan fingerprint density at radius 1 is 1.55 bits per heavy atom. The Bertz CT molecular complexity index is 484. The molecule has 0 radical (unpaired) electrons. The van der Waals surface area contributed by atoms with E-state index in [4.69, 9.17) is 15.2 Å². The first-order chi connectivity index (χ1) is 9.58. The fraction of sp³-hybridized carbons (Fsp3) is 0.714. The lowest BCUT2D eigenvalue weighted by atomic mass is 10.0. The fourth-order valence-electron chi connectivity index (χ4n) is 2.71. The summed E-state index contributed by atoms with van der Waals surface area (Å²) in [6, 6.07) is 0.240. The Hall–Kier alpha value is -1.56. The number of esters is 1. The van der Waals surface area contributed by atoms with E-state index in [-0.39, 0.29) is 17.8 Å². The maximum absolute atomic E-state index is 11.9. The van der Waals surface area contributed by atoms with Crippen LogP contribution in [0.15, 0.2) is 0 Å². The molecule has 2 atom stereocenters. The number of imidazole rings is 1. The molecule has 1 aliphatic rings. The molecule has 6 nitrogen and oxygen atoms in total. The minimum Gasteiger partial charge on any atom is -0.461 e. The first-order valence-electron chi connectivity index (χ1n) is 7.23. The molecule has 2 unspecified atom stereocenters. The largest absolute Gasteiger partial charge is 0.461 e. The van der Waals surface area contributed by atoms with Crippen LogP contribution in [-0.2, 0) is 15.9 Å². The fourth-order valence-corrected chi connectivity index (χ4v) is 2.71. The van der Waals surface area contributed by atoms with E-state index in [2.05, 4.69) is 11.9 Å². The van der Waals surface area contributed by atoms with Gasteiger partial charge in [0.25, 0.3) is 0 Å². The minimum absolute atomic E-state index is 0.200. The number of hydrogen-bond acceptors (Lipinski definition) is 5. The predicted molar refractivity (Wildman–Crippen MR) is 75.7 cm³/mol. The van der Waals surface area contributed by atoms with Gasteiger partial charge in [-0.3, -0.25) is 0 Å². The van der Waals surface area contributed by atoms with Crippen LogP contribution in [0.5, 0.6) is 0 Å². The summed E-state index contributed by atoms with van der Waals surface area (Å²) in [6.07, 6.45) is 2.71. The molecule has 2 heterocycles. The van der Waals surface area contributed by atoms with E-state index in [9.17, 15) is 4.79 Å². The number of hydrogen-bond donors (Lipinski definition) is 1. The van der Waals surface area contributed by atoms with Crippen molar-refractivity contribution in [3.05, 3.63) is 11.5 Å². The van der Waals surface area contributed by atoms with Gasteiger partial charge in [0.1, 0.15) is 11.6 Å². The van der Waals surface area contributed by atoms with Crippen molar-refractivity contribution in [3.8, 4) is 0 Å². The van der Waals surface area contributed by atoms with E-state index in [0.29, 0.717) is 19.0 Å². The van der Waals surface area contributed by atoms with Crippen LogP contribution in [0.25, 0.3) is 0 Å². The normalized spacial score (nSPS) is 22.8. The van der Waals surface area contributed by atoms with Crippen molar-refractivity contribution in [2.45, 2.75) is 52.2 Å². The van der Waals surface area contributed by atoms with Crippen LogP contribution >= 0.6 is 0 Å². The quantitative estimate of drug-likeness (QED) is 0.853. The van der Waals surface area contributed by atoms with Crippen molar-refractivity contribution in [1.82, 2.24) is 9.55 Å². The Kier molecular flexibility index (Phi) is 4.65. The molecule has 2 rings (SSSR count). The third-order valence-electron chi connectivity index (χ3n) is 3.63. The third kappa shape index (κ3) is 2.80. The second-order valence-electron chi connectivity index (χ2n) is 5.07. The van der Waals surface area contributed by atoms with E-state index in [1.165, 1.54) is 0 Å². The number of anilines is 1. The van der Waals surface area contributed by atoms with Gasteiger partial charge in [-0.1, -0.05) is 6.92 Å². The van der Waals surface area contributed by atoms with Crippen LogP contribution in [-0.4, -0.2) is 34.8 Å². The number of aromatic nitrogens is 2. The molecule has 1 fully saturated rings. The lowest BCUT2D eigenvalue weighted by Crippen LogP contribution is -2.27. The number of carbonyl (C=O) groups excluding carboxylic acids is 1. The summed E-state index contributed by atoms with van der Waals surface area (Å²) >= 11 is 0. The molecule has 0 aliphatic carbocycles. The number of nitrogen functional groups attached to an aromatic ring is 1. The maximum atomic E-state index is 11.9. The summed E-state index contributed by atoms with van der Waals surface area (Å²) in [7, 11) is 0. The molecule has 1 aromatic heterocycles. The van der Waals surface area contributed by atoms with Crippen molar-refractivity contribution in [3.63, 3.8) is 0 Å². The molecule has 112 valence electrons. The van der Waals surface area contributed by atoms with Crippen molar-refractivity contribution < 1.29 is 14.3 Å². The van der Waals surface area contributed by atoms with Crippen molar-refractivity contribution in [2.24, 2.45) is 0 Å². The van der Waals surface area contributed by atoms with Gasteiger partial charge in [0.15, 0.2) is 5.69 Å². The van der Waals surface area contributed by atoms with Crippen LogP contribution in [0, 0.1) is 0 Å². The molecule has 0 spiro atoms. The summed E-state index contributed by atoms with van der Waals surface area (Å²) in [5.41, 5.74) is 6.38. The standard InChI is InChI=1S/C14H23N3O3/c1-4-11-16-12(14(18)19-5-2)13(15)17(11)10-6-7-20-9(3)8-10/h9-10H,4-8,15H2,1-3H3. The summed E-state index contributed by atoms with van der Waals surface area (Å²) in [4.78, 5) is 16.3. The lowest BCUT2D eigenvalue weighted by Gasteiger charge is -2.30. The Labute approximate surface area is 119 Å². The SMILES string of the molecule is CCOC(=O)c1nc(CC)n(C2CCOC(C)C2)c1N. The Balaban J connectivity index is 2.34. The van der Waals surface area contributed by atoms with Crippen LogP contribution in [0.1, 0.15) is 56.0 Å². The zero-order valence-corrected chi connectivity index (χ0v) is 12.4. The molecule has 0 amide bonds. The zero-order chi connectivity index (χ0) is 14.7. The first-order valence-corrected chi connectivity index (χ1v) is 7.23. The highest BCUT2D eigenvalue weighted by Gasteiger charge is 2.28. The topological polar surface area (TPSA) is 79.4 Å². The lowest BCUT2D eigenvalue weighted by molar-refractivity contribution is 0.00587. The number of aryl methyl sites for hydroxylation is 1. The van der Waals surface area contributed by atoms with Crippen molar-refractivity contribution >= 4 is 11.8 Å². The highest BCUT2D eigenvalue weighted by molar-refractivity contribution is 5.92. The maximum Gasteiger partial charge on any atom is 0.360 e. The highest BCUT2D eigenvalue weighted by atomic mass is 16.5. The molecule has 1 saturated heterocycles. The van der Waals surface area contributed by atoms with Gasteiger partial charge in [-0.2, -0.15) is 0 Å². The van der Waals surface area contributed by atoms with E-state index >= 15 is 0 Å². The molecule has 2 N–H and O–H groups in total. The van der Waals surface area contributed by atoms with Crippen LogP contribution in [0.4, 0.5) is 5.82 Å². The van der Waals surface area contributed by atoms with E-state index < -0.39 is 5.97 Å². The van der Waals surface area contributed by atoms with E-state index in [1.807, 2.05) is 11.5 Å². The van der Waals surface area contributed by atoms with Gasteiger partial charge in [0.05, 0.1) is 12.7 Å². The van der Waals surface area contributed by atoms with Gasteiger partial charge < -0.3 is 19.8 Å². The highest BCUT2D eigenvalue weighted by Crippen LogP contribution is 2.30. The number of ether oxygens (including phenoxy) is 2. The third-order valence-corrected chi connectivity index (χ3v) is 3.63. The molecular weight excluding hydrogens is 258 g/mol. The summed E-state index contributed by atoms with van der Waals surface area (Å²) in [6.45, 7) is 6.86. The van der Waals surface area contributed by atoms with Crippen molar-refractivity contribution in [1.29, 1.82) is 0 Å². The monoisotopic (exact) mass is 281 g/mol. The molecular formula is C14H23N3O3. The van der Waals surface area contributed by atoms with Gasteiger partial charge in [-0.15, -0.1) is 0 Å². The number of carbonyl (C=O) groups is 1. The molecule has 0 saturated carbocycles. The molecule has 0 bridgehead atoms. The van der Waals surface area contributed by atoms with Gasteiger partial charge in [-0.25, -0.2) is 9.78 Å². The second kappa shape index (κ2) is 6.26. The molecule has 1 aliphatic heterocycles. The average molecular weight is 281 g/mol. The van der Waals surface area contributed by atoms with Gasteiger partial charge in [0, 0.05) is 19.1 Å².